The van der Waals surface area contributed by atoms with E-state index in [1.807, 2.05) is 0 Å². The van der Waals surface area contributed by atoms with Crippen molar-refractivity contribution in [2.45, 2.75) is 13.8 Å². The Morgan fingerprint density at radius 1 is 1.29 bits per heavy atom. The minimum absolute atomic E-state index is 0.0678. The molecule has 0 spiro atoms. The van der Waals surface area contributed by atoms with Gasteiger partial charge >= 0.3 is 0 Å². The Bertz CT molecular complexity index is 450. The monoisotopic (exact) mass is 253 g/mol. The molecule has 0 atom stereocenters. The first kappa shape index (κ1) is 13.2. The molecule has 0 radical (unpaired) electrons. The van der Waals surface area contributed by atoms with Gasteiger partial charge in [0, 0.05) is 0 Å². The summed E-state index contributed by atoms with van der Waals surface area (Å²) < 4.78 is 4.86. The standard InChI is InChI=1S/C11H11NO4S/c1-6(13)9(7(2)14)11(17)12-10(15)8-4-3-5-16-8/h3-5,9H,1-2H3,(H,12,15,17). The molecule has 90 valence electrons. The van der Waals surface area contributed by atoms with Gasteiger partial charge in [0.05, 0.1) is 6.26 Å². The van der Waals surface area contributed by atoms with Gasteiger partial charge in [0.2, 0.25) is 0 Å². The van der Waals surface area contributed by atoms with Crippen LogP contribution in [0.15, 0.2) is 22.8 Å². The number of carbonyl (C=O) groups excluding carboxylic acids is 3. The Hall–Kier alpha value is -1.82. The molecule has 6 heteroatoms. The van der Waals surface area contributed by atoms with Crippen LogP contribution in [0.2, 0.25) is 0 Å². The Morgan fingerprint density at radius 3 is 2.29 bits per heavy atom. The Balaban J connectivity index is 2.75. The molecular formula is C11H11NO4S. The highest BCUT2D eigenvalue weighted by molar-refractivity contribution is 7.80. The van der Waals surface area contributed by atoms with Gasteiger partial charge in [-0.1, -0.05) is 12.2 Å². The number of nitrogens with one attached hydrogen (secondary N) is 1. The predicted octanol–water partition coefficient (Wildman–Crippen LogP) is 1.13. The minimum atomic E-state index is -1.08. The van der Waals surface area contributed by atoms with Crippen molar-refractivity contribution in [3.63, 3.8) is 0 Å². The van der Waals surface area contributed by atoms with E-state index in [0.29, 0.717) is 0 Å². The summed E-state index contributed by atoms with van der Waals surface area (Å²) in [5, 5.41) is 2.30. The van der Waals surface area contributed by atoms with Gasteiger partial charge in [0.25, 0.3) is 5.91 Å². The fraction of sp³-hybridized carbons (Fsp3) is 0.273. The quantitative estimate of drug-likeness (QED) is 0.643. The van der Waals surface area contributed by atoms with E-state index in [1.54, 1.807) is 6.07 Å². The zero-order chi connectivity index (χ0) is 13.0. The smallest absolute Gasteiger partial charge is 0.291 e. The molecule has 0 bridgehead atoms. The molecular weight excluding hydrogens is 242 g/mol. The fourth-order valence-corrected chi connectivity index (χ4v) is 1.73. The van der Waals surface area contributed by atoms with Crippen LogP contribution in [0, 0.1) is 5.92 Å². The van der Waals surface area contributed by atoms with Crippen molar-refractivity contribution in [2.24, 2.45) is 5.92 Å². The first-order valence-electron chi connectivity index (χ1n) is 4.83. The molecule has 0 saturated carbocycles. The van der Waals surface area contributed by atoms with Gasteiger partial charge in [-0.15, -0.1) is 0 Å². The van der Waals surface area contributed by atoms with Crippen LogP contribution in [0.25, 0.3) is 0 Å². The maximum Gasteiger partial charge on any atom is 0.291 e. The number of Topliss-reactive ketones (excluding diaryl/α,β-unsaturated/α-hetero) is 2. The molecule has 5 nitrogen and oxygen atoms in total. The number of carbonyl (C=O) groups is 3. The normalized spacial score (nSPS) is 10.1. The molecule has 0 saturated heterocycles. The van der Waals surface area contributed by atoms with E-state index in [2.05, 4.69) is 5.32 Å². The number of hydrogen-bond acceptors (Lipinski definition) is 5. The lowest BCUT2D eigenvalue weighted by Gasteiger charge is -2.12. The van der Waals surface area contributed by atoms with Gasteiger partial charge < -0.3 is 9.73 Å². The summed E-state index contributed by atoms with van der Waals surface area (Å²) in [4.78, 5) is 33.9. The maximum absolute atomic E-state index is 11.6. The predicted molar refractivity (Wildman–Crippen MR) is 63.6 cm³/mol. The summed E-state index contributed by atoms with van der Waals surface area (Å²) in [6.45, 7) is 2.49. The van der Waals surface area contributed by atoms with Crippen LogP contribution >= 0.6 is 12.2 Å². The molecule has 0 aromatic carbocycles. The highest BCUT2D eigenvalue weighted by Gasteiger charge is 2.26. The molecule has 1 N–H and O–H groups in total. The van der Waals surface area contributed by atoms with Crippen LogP contribution < -0.4 is 5.32 Å². The van der Waals surface area contributed by atoms with Crippen molar-refractivity contribution in [1.29, 1.82) is 0 Å². The molecule has 0 aliphatic heterocycles. The summed E-state index contributed by atoms with van der Waals surface area (Å²) in [5.41, 5.74) is 0. The topological polar surface area (TPSA) is 76.4 Å². The molecule has 1 rings (SSSR count). The van der Waals surface area contributed by atoms with Gasteiger partial charge in [-0.25, -0.2) is 0 Å². The van der Waals surface area contributed by atoms with E-state index >= 15 is 0 Å². The van der Waals surface area contributed by atoms with E-state index in [1.165, 1.54) is 26.2 Å². The Morgan fingerprint density at radius 2 is 1.88 bits per heavy atom. The van der Waals surface area contributed by atoms with Crippen LogP contribution in [-0.2, 0) is 9.59 Å². The Labute approximate surface area is 103 Å². The molecule has 0 unspecified atom stereocenters. The van der Waals surface area contributed by atoms with Gasteiger partial charge in [-0.2, -0.15) is 0 Å². The van der Waals surface area contributed by atoms with Crippen molar-refractivity contribution in [3.8, 4) is 0 Å². The highest BCUT2D eigenvalue weighted by atomic mass is 32.1. The average Bonchev–Trinajstić information content (AvgIpc) is 2.68. The third-order valence-corrected chi connectivity index (χ3v) is 2.39. The number of ketones is 2. The summed E-state index contributed by atoms with van der Waals surface area (Å²) in [6, 6.07) is 3.00. The van der Waals surface area contributed by atoms with Crippen LogP contribution in [0.4, 0.5) is 0 Å². The highest BCUT2D eigenvalue weighted by Crippen LogP contribution is 2.05. The minimum Gasteiger partial charge on any atom is -0.459 e. The van der Waals surface area contributed by atoms with Gasteiger partial charge in [0.1, 0.15) is 22.5 Å². The molecule has 0 fully saturated rings. The zero-order valence-electron chi connectivity index (χ0n) is 9.35. The van der Waals surface area contributed by atoms with Crippen molar-refractivity contribution in [1.82, 2.24) is 5.32 Å². The molecule has 1 heterocycles. The molecule has 17 heavy (non-hydrogen) atoms. The van der Waals surface area contributed by atoms with Crippen LogP contribution in [-0.4, -0.2) is 22.5 Å². The van der Waals surface area contributed by atoms with Crippen LogP contribution in [0.5, 0.6) is 0 Å². The second kappa shape index (κ2) is 5.49. The number of hydrogen-bond donors (Lipinski definition) is 1. The second-order valence-corrected chi connectivity index (χ2v) is 3.89. The second-order valence-electron chi connectivity index (χ2n) is 3.45. The van der Waals surface area contributed by atoms with Crippen molar-refractivity contribution < 1.29 is 18.8 Å². The fourth-order valence-electron chi connectivity index (χ4n) is 1.31. The first-order chi connectivity index (χ1) is 7.93. The van der Waals surface area contributed by atoms with Crippen molar-refractivity contribution in [3.05, 3.63) is 24.2 Å². The molecule has 1 aromatic heterocycles. The van der Waals surface area contributed by atoms with E-state index in [4.69, 9.17) is 16.6 Å². The third kappa shape index (κ3) is 3.32. The van der Waals surface area contributed by atoms with Crippen LogP contribution in [0.1, 0.15) is 24.4 Å². The zero-order valence-corrected chi connectivity index (χ0v) is 10.2. The molecule has 1 aromatic rings. The maximum atomic E-state index is 11.6. The first-order valence-corrected chi connectivity index (χ1v) is 5.24. The SMILES string of the molecule is CC(=O)C(C(C)=O)C(=S)NC(=O)c1ccco1. The number of rotatable bonds is 4. The van der Waals surface area contributed by atoms with Crippen molar-refractivity contribution in [2.75, 3.05) is 0 Å². The number of thiocarbonyl (C=S) groups is 1. The average molecular weight is 253 g/mol. The Kier molecular flexibility index (Phi) is 4.28. The summed E-state index contributed by atoms with van der Waals surface area (Å²) in [6.07, 6.45) is 1.34. The molecule has 1 amide bonds. The third-order valence-electron chi connectivity index (χ3n) is 2.06. The van der Waals surface area contributed by atoms with E-state index < -0.39 is 23.4 Å². The van der Waals surface area contributed by atoms with E-state index in [9.17, 15) is 14.4 Å². The van der Waals surface area contributed by atoms with E-state index in [-0.39, 0.29) is 10.7 Å². The van der Waals surface area contributed by atoms with Gasteiger partial charge in [-0.3, -0.25) is 14.4 Å². The molecule has 0 aliphatic carbocycles. The van der Waals surface area contributed by atoms with Gasteiger partial charge in [0.15, 0.2) is 5.76 Å². The van der Waals surface area contributed by atoms with Crippen molar-refractivity contribution >= 4 is 34.7 Å². The number of furan rings is 1. The largest absolute Gasteiger partial charge is 0.459 e. The lowest BCUT2D eigenvalue weighted by atomic mass is 10.0. The summed E-state index contributed by atoms with van der Waals surface area (Å²) in [7, 11) is 0. The van der Waals surface area contributed by atoms with Gasteiger partial charge in [-0.05, 0) is 26.0 Å². The summed E-state index contributed by atoms with van der Waals surface area (Å²) in [5.74, 6) is -2.39. The lowest BCUT2D eigenvalue weighted by molar-refractivity contribution is -0.127. The van der Waals surface area contributed by atoms with Crippen LogP contribution in [0.3, 0.4) is 0 Å². The summed E-state index contributed by atoms with van der Waals surface area (Å²) >= 11 is 4.86. The van der Waals surface area contributed by atoms with E-state index in [0.717, 1.165) is 0 Å². The molecule has 0 aliphatic rings. The lowest BCUT2D eigenvalue weighted by Crippen LogP contribution is -2.40. The number of amides is 1.